The number of aliphatic hydroxyl groups is 1. The fourth-order valence-electron chi connectivity index (χ4n) is 5.10. The number of carbonyl (C=O) groups is 1. The number of aliphatic hydroxyl groups excluding tert-OH is 1. The van der Waals surface area contributed by atoms with Crippen LogP contribution in [0.3, 0.4) is 0 Å². The molecule has 1 amide bonds. The molecule has 29 heavy (non-hydrogen) atoms. The smallest absolute Gasteiger partial charge is 0.405 e. The summed E-state index contributed by atoms with van der Waals surface area (Å²) in [6.45, 7) is 8.61. The first kappa shape index (κ1) is 21.9. The van der Waals surface area contributed by atoms with Gasteiger partial charge in [-0.25, -0.2) is 4.79 Å². The Labute approximate surface area is 174 Å². The molecular weight excluding hydrogens is 366 g/mol. The van der Waals surface area contributed by atoms with Crippen molar-refractivity contribution in [2.45, 2.75) is 84.3 Å². The normalized spacial score (nSPS) is 26.9. The topological polar surface area (TPSA) is 78.8 Å². The highest BCUT2D eigenvalue weighted by molar-refractivity contribution is 5.65. The van der Waals surface area contributed by atoms with Crippen LogP contribution in [0.2, 0.25) is 0 Å². The molecule has 2 atom stereocenters. The van der Waals surface area contributed by atoms with E-state index in [9.17, 15) is 9.90 Å². The lowest BCUT2D eigenvalue weighted by Crippen LogP contribution is -2.55. The van der Waals surface area contributed by atoms with Gasteiger partial charge in [-0.05, 0) is 92.4 Å². The van der Waals surface area contributed by atoms with E-state index in [1.165, 1.54) is 24.0 Å². The number of fused-ring (bicyclic) bond motifs is 1. The first-order valence-electron chi connectivity index (χ1n) is 11.0. The Morgan fingerprint density at radius 2 is 1.76 bits per heavy atom. The summed E-state index contributed by atoms with van der Waals surface area (Å²) in [4.78, 5) is 11.1. The molecule has 0 radical (unpaired) electrons. The first-order valence-corrected chi connectivity index (χ1v) is 11.0. The lowest BCUT2D eigenvalue weighted by Gasteiger charge is -2.39. The second-order valence-electron chi connectivity index (χ2n) is 10.3. The SMILES string of the molecule is CC(C)(C)[C@H]1CC[C@H](Oc2ccc3c(c2)CC[C@@H]([C@](C)(CO)NC(=O)O)C3)CC1. The monoisotopic (exact) mass is 403 g/mol. The molecule has 1 aromatic rings. The predicted molar refractivity (Wildman–Crippen MR) is 114 cm³/mol. The predicted octanol–water partition coefficient (Wildman–Crippen LogP) is 4.79. The van der Waals surface area contributed by atoms with E-state index >= 15 is 0 Å². The molecule has 3 rings (SSSR count). The number of hydrogen-bond acceptors (Lipinski definition) is 3. The van der Waals surface area contributed by atoms with Gasteiger partial charge in [-0.3, -0.25) is 0 Å². The third-order valence-electron chi connectivity index (χ3n) is 7.23. The summed E-state index contributed by atoms with van der Waals surface area (Å²) in [5.41, 5.74) is 2.09. The number of aryl methyl sites for hydroxylation is 1. The summed E-state index contributed by atoms with van der Waals surface area (Å²) >= 11 is 0. The number of nitrogens with one attached hydrogen (secondary N) is 1. The van der Waals surface area contributed by atoms with Gasteiger partial charge in [0.25, 0.3) is 0 Å². The minimum Gasteiger partial charge on any atom is -0.490 e. The van der Waals surface area contributed by atoms with Crippen molar-refractivity contribution in [3.05, 3.63) is 29.3 Å². The Hall–Kier alpha value is -1.75. The molecule has 5 nitrogen and oxygen atoms in total. The van der Waals surface area contributed by atoms with Crippen molar-refractivity contribution in [1.29, 1.82) is 0 Å². The Morgan fingerprint density at radius 3 is 2.34 bits per heavy atom. The first-order chi connectivity index (χ1) is 13.6. The zero-order valence-corrected chi connectivity index (χ0v) is 18.3. The van der Waals surface area contributed by atoms with Gasteiger partial charge in [-0.15, -0.1) is 0 Å². The van der Waals surface area contributed by atoms with Crippen molar-refractivity contribution in [3.8, 4) is 5.75 Å². The average Bonchev–Trinajstić information content (AvgIpc) is 2.66. The van der Waals surface area contributed by atoms with Crippen LogP contribution < -0.4 is 10.1 Å². The average molecular weight is 404 g/mol. The fourth-order valence-corrected chi connectivity index (χ4v) is 5.10. The summed E-state index contributed by atoms with van der Waals surface area (Å²) in [5.74, 6) is 1.81. The van der Waals surface area contributed by atoms with Crippen LogP contribution in [0.1, 0.15) is 70.9 Å². The van der Waals surface area contributed by atoms with Crippen molar-refractivity contribution in [2.75, 3.05) is 6.61 Å². The van der Waals surface area contributed by atoms with E-state index in [0.717, 1.165) is 43.8 Å². The Morgan fingerprint density at radius 1 is 1.07 bits per heavy atom. The lowest BCUT2D eigenvalue weighted by molar-refractivity contribution is 0.0879. The molecule has 0 heterocycles. The zero-order chi connectivity index (χ0) is 21.2. The van der Waals surface area contributed by atoms with Crippen molar-refractivity contribution < 1.29 is 19.7 Å². The van der Waals surface area contributed by atoms with Crippen molar-refractivity contribution in [2.24, 2.45) is 17.3 Å². The molecule has 1 aromatic carbocycles. The van der Waals surface area contributed by atoms with E-state index < -0.39 is 11.6 Å². The number of amides is 1. The summed E-state index contributed by atoms with van der Waals surface area (Å²) in [5, 5.41) is 21.4. The van der Waals surface area contributed by atoms with Crippen LogP contribution in [0.5, 0.6) is 5.75 Å². The third kappa shape index (κ3) is 5.25. The highest BCUT2D eigenvalue weighted by Gasteiger charge is 2.37. The molecule has 5 heteroatoms. The van der Waals surface area contributed by atoms with Crippen LogP contribution in [-0.2, 0) is 12.8 Å². The molecule has 0 unspecified atom stereocenters. The summed E-state index contributed by atoms with van der Waals surface area (Å²) in [6, 6.07) is 6.34. The van der Waals surface area contributed by atoms with E-state index in [4.69, 9.17) is 9.84 Å². The molecule has 2 aliphatic rings. The van der Waals surface area contributed by atoms with Gasteiger partial charge >= 0.3 is 6.09 Å². The maximum Gasteiger partial charge on any atom is 0.405 e. The molecule has 3 N–H and O–H groups in total. The number of rotatable bonds is 5. The number of carboxylic acid groups (broad SMARTS) is 1. The van der Waals surface area contributed by atoms with Gasteiger partial charge in [0.2, 0.25) is 0 Å². The number of ether oxygens (including phenoxy) is 1. The molecule has 2 aliphatic carbocycles. The molecule has 0 spiro atoms. The molecule has 162 valence electrons. The summed E-state index contributed by atoms with van der Waals surface area (Å²) < 4.78 is 6.32. The molecule has 1 fully saturated rings. The summed E-state index contributed by atoms with van der Waals surface area (Å²) in [7, 11) is 0. The van der Waals surface area contributed by atoms with Crippen LogP contribution >= 0.6 is 0 Å². The van der Waals surface area contributed by atoms with Gasteiger partial charge < -0.3 is 20.3 Å². The highest BCUT2D eigenvalue weighted by atomic mass is 16.5. The van der Waals surface area contributed by atoms with Crippen molar-refractivity contribution in [1.82, 2.24) is 5.32 Å². The molecule has 1 saturated carbocycles. The fraction of sp³-hybridized carbons (Fsp3) is 0.708. The lowest BCUT2D eigenvalue weighted by atomic mass is 9.72. The van der Waals surface area contributed by atoms with Gasteiger partial charge in [-0.2, -0.15) is 0 Å². The second kappa shape index (κ2) is 8.55. The van der Waals surface area contributed by atoms with Gasteiger partial charge in [0.15, 0.2) is 0 Å². The largest absolute Gasteiger partial charge is 0.490 e. The van der Waals surface area contributed by atoms with Crippen molar-refractivity contribution in [3.63, 3.8) is 0 Å². The van der Waals surface area contributed by atoms with Gasteiger partial charge in [-0.1, -0.05) is 26.8 Å². The molecule has 0 saturated heterocycles. The Balaban J connectivity index is 1.61. The van der Waals surface area contributed by atoms with Crippen molar-refractivity contribution >= 4 is 6.09 Å². The molecule has 0 aliphatic heterocycles. The van der Waals surface area contributed by atoms with E-state index in [0.29, 0.717) is 11.5 Å². The van der Waals surface area contributed by atoms with E-state index in [2.05, 4.69) is 44.3 Å². The van der Waals surface area contributed by atoms with Crippen LogP contribution in [-0.4, -0.2) is 34.6 Å². The van der Waals surface area contributed by atoms with E-state index in [1.54, 1.807) is 6.92 Å². The Bertz CT molecular complexity index is 718. The third-order valence-corrected chi connectivity index (χ3v) is 7.23. The highest BCUT2D eigenvalue weighted by Crippen LogP contribution is 2.39. The molecule has 0 bridgehead atoms. The number of benzene rings is 1. The van der Waals surface area contributed by atoms with Crippen LogP contribution in [0.4, 0.5) is 4.79 Å². The van der Waals surface area contributed by atoms with Crippen LogP contribution in [0.25, 0.3) is 0 Å². The Kier molecular flexibility index (Phi) is 6.47. The van der Waals surface area contributed by atoms with Gasteiger partial charge in [0.1, 0.15) is 5.75 Å². The minimum absolute atomic E-state index is 0.0792. The maximum atomic E-state index is 11.1. The van der Waals surface area contributed by atoms with Gasteiger partial charge in [0.05, 0.1) is 18.2 Å². The van der Waals surface area contributed by atoms with Crippen LogP contribution in [0, 0.1) is 17.3 Å². The van der Waals surface area contributed by atoms with E-state index in [1.807, 2.05) is 0 Å². The molecular formula is C24H37NO4. The molecule has 0 aromatic heterocycles. The quantitative estimate of drug-likeness (QED) is 0.660. The summed E-state index contributed by atoms with van der Waals surface area (Å²) in [6.07, 6.45) is 6.43. The van der Waals surface area contributed by atoms with Crippen LogP contribution in [0.15, 0.2) is 18.2 Å². The van der Waals surface area contributed by atoms with E-state index in [-0.39, 0.29) is 12.5 Å². The zero-order valence-electron chi connectivity index (χ0n) is 18.3. The van der Waals surface area contributed by atoms with Gasteiger partial charge in [0, 0.05) is 0 Å². The second-order valence-corrected chi connectivity index (χ2v) is 10.3. The number of hydrogen-bond donors (Lipinski definition) is 3. The minimum atomic E-state index is -1.09. The maximum absolute atomic E-state index is 11.1. The standard InChI is InChI=1S/C24H37NO4/c1-23(2,3)18-8-11-20(12-9-18)29-21-10-6-16-13-19(7-5-17(16)14-21)24(4,15-26)25-22(27)28/h6,10,14,18-20,25-26H,5,7-9,11-13,15H2,1-4H3,(H,27,28)/t18-,19-,20-,24+/m1/s1.